The summed E-state index contributed by atoms with van der Waals surface area (Å²) < 4.78 is 10.8. The lowest BCUT2D eigenvalue weighted by Crippen LogP contribution is -2.46. The molecule has 0 bridgehead atoms. The van der Waals surface area contributed by atoms with Gasteiger partial charge in [0.2, 0.25) is 0 Å². The molecule has 0 radical (unpaired) electrons. The monoisotopic (exact) mass is 554 g/mol. The number of esters is 1. The Labute approximate surface area is 235 Å². The summed E-state index contributed by atoms with van der Waals surface area (Å²) in [6, 6.07) is 20.3. The molecule has 10 heteroatoms. The van der Waals surface area contributed by atoms with Crippen LogP contribution in [0.25, 0.3) is 12.2 Å². The molecule has 0 saturated carbocycles. The van der Waals surface area contributed by atoms with Crippen LogP contribution in [-0.4, -0.2) is 38.7 Å². The van der Waals surface area contributed by atoms with E-state index in [2.05, 4.69) is 20.3 Å². The maximum Gasteiger partial charge on any atom is 0.408 e. The number of aromatic amines is 2. The van der Waals surface area contributed by atoms with Crippen LogP contribution in [0.1, 0.15) is 37.6 Å². The number of hydrogen-bond acceptors (Lipinski definition) is 7. The average molecular weight is 555 g/mol. The number of benzene rings is 2. The zero-order valence-corrected chi connectivity index (χ0v) is 22.8. The van der Waals surface area contributed by atoms with E-state index in [1.54, 1.807) is 26.8 Å². The van der Waals surface area contributed by atoms with Crippen molar-refractivity contribution < 1.29 is 19.1 Å². The van der Waals surface area contributed by atoms with Gasteiger partial charge in [-0.3, -0.25) is 14.6 Å². The summed E-state index contributed by atoms with van der Waals surface area (Å²) in [4.78, 5) is 59.9. The maximum absolute atomic E-state index is 13.0. The molecule has 210 valence electrons. The lowest BCUT2D eigenvalue weighted by molar-refractivity contribution is -0.136. The fraction of sp³-hybridized carbons (Fsp3) is 0.194. The molecule has 1 unspecified atom stereocenters. The van der Waals surface area contributed by atoms with Gasteiger partial charge in [0, 0.05) is 6.42 Å². The SMILES string of the molecule is CC(C)(C)OC(=O)NC(Cc1ccccc1)C(=O)Oc1ccc(C=c2[nH]c(=O)/c(=C/c3ccccc3)[nH]c2=O)nc1. The van der Waals surface area contributed by atoms with Crippen LogP contribution in [0.2, 0.25) is 0 Å². The number of carbonyl (C=O) groups is 2. The van der Waals surface area contributed by atoms with Crippen molar-refractivity contribution in [2.45, 2.75) is 38.8 Å². The number of carbonyl (C=O) groups excluding carboxylic acids is 2. The Kier molecular flexibility index (Phi) is 8.93. The van der Waals surface area contributed by atoms with E-state index in [9.17, 15) is 19.2 Å². The van der Waals surface area contributed by atoms with Gasteiger partial charge in [-0.15, -0.1) is 0 Å². The Morgan fingerprint density at radius 3 is 2.07 bits per heavy atom. The van der Waals surface area contributed by atoms with E-state index in [1.165, 1.54) is 24.4 Å². The fourth-order valence-corrected chi connectivity index (χ4v) is 3.78. The summed E-state index contributed by atoms with van der Waals surface area (Å²) in [5.74, 6) is -0.573. The second-order valence-corrected chi connectivity index (χ2v) is 10.2. The lowest BCUT2D eigenvalue weighted by Gasteiger charge is -2.23. The minimum atomic E-state index is -1.02. The predicted molar refractivity (Wildman–Crippen MR) is 154 cm³/mol. The Hall–Kier alpha value is -5.25. The van der Waals surface area contributed by atoms with E-state index >= 15 is 0 Å². The van der Waals surface area contributed by atoms with Gasteiger partial charge in [0.25, 0.3) is 11.1 Å². The first-order chi connectivity index (χ1) is 19.6. The third kappa shape index (κ3) is 8.62. The first-order valence-electron chi connectivity index (χ1n) is 12.9. The third-order valence-electron chi connectivity index (χ3n) is 5.62. The molecule has 0 spiro atoms. The molecule has 4 rings (SSSR count). The molecule has 2 aromatic carbocycles. The van der Waals surface area contributed by atoms with Gasteiger partial charge < -0.3 is 24.8 Å². The Morgan fingerprint density at radius 2 is 1.49 bits per heavy atom. The van der Waals surface area contributed by atoms with Gasteiger partial charge in [-0.05, 0) is 56.2 Å². The standard InChI is InChI=1S/C31H30N4O6/c1-31(2,3)41-30(39)35-26(17-21-12-8-5-9-13-21)29(38)40-23-15-14-22(32-19-23)18-25-28(37)33-24(27(36)34-25)16-20-10-6-4-7-11-20/h4-16,18-19,26H,17H2,1-3H3,(H,33,37)(H,34,36)(H,35,39)/b24-16-,25-18?. The second kappa shape index (κ2) is 12.7. The molecule has 41 heavy (non-hydrogen) atoms. The van der Waals surface area contributed by atoms with Crippen molar-refractivity contribution in [3.8, 4) is 5.75 Å². The van der Waals surface area contributed by atoms with Gasteiger partial charge in [-0.1, -0.05) is 60.7 Å². The summed E-state index contributed by atoms with van der Waals surface area (Å²) in [6.45, 7) is 5.17. The number of aromatic nitrogens is 3. The average Bonchev–Trinajstić information content (AvgIpc) is 2.92. The number of hydrogen-bond donors (Lipinski definition) is 3. The van der Waals surface area contributed by atoms with Crippen LogP contribution in [0.3, 0.4) is 0 Å². The molecular formula is C31H30N4O6. The summed E-state index contributed by atoms with van der Waals surface area (Å²) in [5.41, 5.74) is 0.227. The largest absolute Gasteiger partial charge is 0.444 e. The number of alkyl carbamates (subject to hydrolysis) is 1. The van der Waals surface area contributed by atoms with E-state index < -0.39 is 34.8 Å². The van der Waals surface area contributed by atoms with Crippen LogP contribution in [0, 0.1) is 0 Å². The number of amides is 1. The van der Waals surface area contributed by atoms with Crippen LogP contribution >= 0.6 is 0 Å². The molecule has 3 N–H and O–H groups in total. The van der Waals surface area contributed by atoms with Crippen molar-refractivity contribution in [2.75, 3.05) is 0 Å². The van der Waals surface area contributed by atoms with Gasteiger partial charge in [0.15, 0.2) is 0 Å². The summed E-state index contributed by atoms with van der Waals surface area (Å²) in [6.07, 6.45) is 3.73. The molecule has 1 atom stereocenters. The van der Waals surface area contributed by atoms with Crippen molar-refractivity contribution in [3.63, 3.8) is 0 Å². The van der Waals surface area contributed by atoms with E-state index in [4.69, 9.17) is 9.47 Å². The number of pyridine rings is 1. The van der Waals surface area contributed by atoms with Crippen LogP contribution in [0.15, 0.2) is 88.6 Å². The third-order valence-corrected chi connectivity index (χ3v) is 5.62. The second-order valence-electron chi connectivity index (χ2n) is 10.2. The fourth-order valence-electron chi connectivity index (χ4n) is 3.78. The smallest absolute Gasteiger partial charge is 0.408 e. The summed E-state index contributed by atoms with van der Waals surface area (Å²) >= 11 is 0. The van der Waals surface area contributed by atoms with Crippen LogP contribution in [0.4, 0.5) is 4.79 Å². The highest BCUT2D eigenvalue weighted by Crippen LogP contribution is 2.13. The number of nitrogens with one attached hydrogen (secondary N) is 3. The Balaban J connectivity index is 1.51. The molecule has 2 heterocycles. The number of nitrogens with zero attached hydrogens (tertiary/aromatic N) is 1. The minimum Gasteiger partial charge on any atom is -0.444 e. The molecule has 0 aliphatic rings. The maximum atomic E-state index is 13.0. The molecule has 0 aliphatic heterocycles. The molecule has 10 nitrogen and oxygen atoms in total. The summed E-state index contributed by atoms with van der Waals surface area (Å²) in [5, 5.41) is 2.72. The lowest BCUT2D eigenvalue weighted by atomic mass is 10.1. The van der Waals surface area contributed by atoms with E-state index in [0.29, 0.717) is 5.69 Å². The predicted octanol–water partition coefficient (Wildman–Crippen LogP) is 2.16. The Morgan fingerprint density at radius 1 is 0.878 bits per heavy atom. The van der Waals surface area contributed by atoms with Crippen molar-refractivity contribution in [3.05, 3.63) is 127 Å². The van der Waals surface area contributed by atoms with Crippen LogP contribution < -0.4 is 31.9 Å². The van der Waals surface area contributed by atoms with Gasteiger partial charge in [-0.2, -0.15) is 0 Å². The van der Waals surface area contributed by atoms with Gasteiger partial charge in [0.05, 0.1) is 11.9 Å². The van der Waals surface area contributed by atoms with Crippen molar-refractivity contribution in [1.82, 2.24) is 20.3 Å². The first kappa shape index (κ1) is 28.8. The van der Waals surface area contributed by atoms with Gasteiger partial charge in [-0.25, -0.2) is 9.59 Å². The first-order valence-corrected chi connectivity index (χ1v) is 12.9. The van der Waals surface area contributed by atoms with Crippen molar-refractivity contribution >= 4 is 24.2 Å². The molecule has 0 aliphatic carbocycles. The molecule has 4 aromatic rings. The molecular weight excluding hydrogens is 524 g/mol. The molecule has 1 amide bonds. The zero-order valence-electron chi connectivity index (χ0n) is 22.8. The highest BCUT2D eigenvalue weighted by Gasteiger charge is 2.26. The minimum absolute atomic E-state index is 0.0157. The number of rotatable bonds is 7. The normalized spacial score (nSPS) is 13.0. The van der Waals surface area contributed by atoms with Gasteiger partial charge in [0.1, 0.15) is 28.1 Å². The molecule has 0 fully saturated rings. The van der Waals surface area contributed by atoms with Crippen molar-refractivity contribution in [2.24, 2.45) is 0 Å². The van der Waals surface area contributed by atoms with Gasteiger partial charge >= 0.3 is 12.1 Å². The zero-order chi connectivity index (χ0) is 29.4. The highest BCUT2D eigenvalue weighted by atomic mass is 16.6. The number of ether oxygens (including phenoxy) is 2. The quantitative estimate of drug-likeness (QED) is 0.297. The Bertz CT molecular complexity index is 1740. The van der Waals surface area contributed by atoms with E-state index in [1.807, 2.05) is 60.7 Å². The summed E-state index contributed by atoms with van der Waals surface area (Å²) in [7, 11) is 0. The molecule has 2 aromatic heterocycles. The van der Waals surface area contributed by atoms with E-state index in [0.717, 1.165) is 11.1 Å². The van der Waals surface area contributed by atoms with Crippen LogP contribution in [-0.2, 0) is 16.0 Å². The molecule has 0 saturated heterocycles. The highest BCUT2D eigenvalue weighted by molar-refractivity contribution is 5.83. The van der Waals surface area contributed by atoms with E-state index in [-0.39, 0.29) is 22.9 Å². The number of H-pyrrole nitrogens is 2. The van der Waals surface area contributed by atoms with Crippen LogP contribution in [0.5, 0.6) is 5.75 Å². The topological polar surface area (TPSA) is 143 Å². The van der Waals surface area contributed by atoms with Crippen molar-refractivity contribution in [1.29, 1.82) is 0 Å².